The molecule has 4 rings (SSSR count). The summed E-state index contributed by atoms with van der Waals surface area (Å²) >= 11 is 1.50. The summed E-state index contributed by atoms with van der Waals surface area (Å²) in [7, 11) is 0. The fraction of sp³-hybridized carbons (Fsp3) is 0.533. The topological polar surface area (TPSA) is 62.5 Å². The molecule has 2 aromatic heterocycles. The molecule has 3 heterocycles. The fourth-order valence-electron chi connectivity index (χ4n) is 2.68. The Labute approximate surface area is 132 Å². The van der Waals surface area contributed by atoms with Gasteiger partial charge in [-0.1, -0.05) is 6.07 Å². The van der Waals surface area contributed by atoms with Gasteiger partial charge < -0.3 is 9.32 Å². The summed E-state index contributed by atoms with van der Waals surface area (Å²) in [5.74, 6) is 2.13. The molecule has 0 radical (unpaired) electrons. The SMILES string of the molecule is O=C(c1cccs1)N1CCN(Cc2nnc(C3CC3)o2)CC1. The molecule has 7 heteroatoms. The van der Waals surface area contributed by atoms with Crippen molar-refractivity contribution in [1.29, 1.82) is 0 Å². The van der Waals surface area contributed by atoms with Gasteiger partial charge in [-0.3, -0.25) is 9.69 Å². The third-order valence-corrected chi connectivity index (χ3v) is 5.02. The van der Waals surface area contributed by atoms with Crippen LogP contribution in [0, 0.1) is 0 Å². The number of nitrogens with zero attached hydrogens (tertiary/aromatic N) is 4. The monoisotopic (exact) mass is 318 g/mol. The zero-order valence-corrected chi connectivity index (χ0v) is 13.1. The number of thiophene rings is 1. The highest BCUT2D eigenvalue weighted by Crippen LogP contribution is 2.39. The summed E-state index contributed by atoms with van der Waals surface area (Å²) in [5.41, 5.74) is 0. The molecule has 22 heavy (non-hydrogen) atoms. The van der Waals surface area contributed by atoms with E-state index in [0.717, 1.165) is 36.9 Å². The van der Waals surface area contributed by atoms with Gasteiger partial charge in [0, 0.05) is 32.1 Å². The first kappa shape index (κ1) is 13.9. The minimum absolute atomic E-state index is 0.142. The Morgan fingerprint density at radius 1 is 1.27 bits per heavy atom. The lowest BCUT2D eigenvalue weighted by molar-refractivity contribution is 0.0622. The Morgan fingerprint density at radius 3 is 2.77 bits per heavy atom. The lowest BCUT2D eigenvalue weighted by atomic mass is 10.3. The molecule has 0 bridgehead atoms. The van der Waals surface area contributed by atoms with Gasteiger partial charge in [-0.15, -0.1) is 21.5 Å². The molecule has 0 N–H and O–H groups in total. The van der Waals surface area contributed by atoms with Gasteiger partial charge >= 0.3 is 0 Å². The predicted molar refractivity (Wildman–Crippen MR) is 81.8 cm³/mol. The second-order valence-corrected chi connectivity index (χ2v) is 6.80. The maximum Gasteiger partial charge on any atom is 0.264 e. The average Bonchev–Trinajstić information content (AvgIpc) is 3.06. The Morgan fingerprint density at radius 2 is 2.09 bits per heavy atom. The molecule has 2 aromatic rings. The Balaban J connectivity index is 1.30. The number of aromatic nitrogens is 2. The molecule has 2 aliphatic rings. The van der Waals surface area contributed by atoms with Gasteiger partial charge in [-0.2, -0.15) is 0 Å². The van der Waals surface area contributed by atoms with Crippen LogP contribution in [0.15, 0.2) is 21.9 Å². The number of piperazine rings is 1. The maximum atomic E-state index is 12.3. The van der Waals surface area contributed by atoms with Gasteiger partial charge in [0.05, 0.1) is 11.4 Å². The molecule has 0 unspecified atom stereocenters. The van der Waals surface area contributed by atoms with Crippen molar-refractivity contribution in [3.63, 3.8) is 0 Å². The summed E-state index contributed by atoms with van der Waals surface area (Å²) < 4.78 is 5.70. The lowest BCUT2D eigenvalue weighted by Gasteiger charge is -2.33. The normalized spacial score (nSPS) is 19.5. The smallest absolute Gasteiger partial charge is 0.264 e. The summed E-state index contributed by atoms with van der Waals surface area (Å²) in [6.45, 7) is 3.87. The van der Waals surface area contributed by atoms with E-state index < -0.39 is 0 Å². The number of hydrogen-bond acceptors (Lipinski definition) is 6. The van der Waals surface area contributed by atoms with Crippen molar-refractivity contribution in [3.05, 3.63) is 34.2 Å². The van der Waals surface area contributed by atoms with Crippen molar-refractivity contribution in [2.24, 2.45) is 0 Å². The highest BCUT2D eigenvalue weighted by atomic mass is 32.1. The van der Waals surface area contributed by atoms with Crippen LogP contribution in [0.1, 0.15) is 40.2 Å². The number of hydrogen-bond donors (Lipinski definition) is 0. The highest BCUT2D eigenvalue weighted by Gasteiger charge is 2.30. The molecular formula is C15H18N4O2S. The van der Waals surface area contributed by atoms with Gasteiger partial charge in [0.15, 0.2) is 0 Å². The van der Waals surface area contributed by atoms with Gasteiger partial charge in [0.1, 0.15) is 0 Å². The molecule has 1 aliphatic heterocycles. The first-order valence-corrected chi connectivity index (χ1v) is 8.55. The maximum absolute atomic E-state index is 12.3. The lowest BCUT2D eigenvalue weighted by Crippen LogP contribution is -2.48. The van der Waals surface area contributed by atoms with E-state index in [1.165, 1.54) is 24.2 Å². The minimum Gasteiger partial charge on any atom is -0.424 e. The molecule has 0 spiro atoms. The Bertz CT molecular complexity index is 642. The standard InChI is InChI=1S/C15H18N4O2S/c20-15(12-2-1-9-22-12)19-7-5-18(6-8-19)10-13-16-17-14(21-13)11-3-4-11/h1-2,9,11H,3-8,10H2. The average molecular weight is 318 g/mol. The van der Waals surface area contributed by atoms with Crippen molar-refractivity contribution >= 4 is 17.2 Å². The second kappa shape index (κ2) is 5.81. The zero-order valence-electron chi connectivity index (χ0n) is 12.3. The molecule has 2 fully saturated rings. The van der Waals surface area contributed by atoms with E-state index in [1.54, 1.807) is 0 Å². The summed E-state index contributed by atoms with van der Waals surface area (Å²) in [4.78, 5) is 17.3. The van der Waals surface area contributed by atoms with Crippen LogP contribution in [0.25, 0.3) is 0 Å². The molecule has 1 amide bonds. The van der Waals surface area contributed by atoms with Crippen molar-refractivity contribution < 1.29 is 9.21 Å². The van der Waals surface area contributed by atoms with E-state index in [4.69, 9.17) is 4.42 Å². The van der Waals surface area contributed by atoms with E-state index in [9.17, 15) is 4.79 Å². The van der Waals surface area contributed by atoms with E-state index in [-0.39, 0.29) is 5.91 Å². The van der Waals surface area contributed by atoms with Crippen LogP contribution in [-0.4, -0.2) is 52.1 Å². The van der Waals surface area contributed by atoms with Crippen molar-refractivity contribution in [1.82, 2.24) is 20.0 Å². The van der Waals surface area contributed by atoms with Gasteiger partial charge in [-0.05, 0) is 24.3 Å². The van der Waals surface area contributed by atoms with Crippen LogP contribution < -0.4 is 0 Å². The molecular weight excluding hydrogens is 300 g/mol. The van der Waals surface area contributed by atoms with Crippen LogP contribution >= 0.6 is 11.3 Å². The molecule has 116 valence electrons. The number of carbonyl (C=O) groups is 1. The molecule has 0 atom stereocenters. The van der Waals surface area contributed by atoms with Crippen molar-refractivity contribution in [2.45, 2.75) is 25.3 Å². The molecule has 6 nitrogen and oxygen atoms in total. The molecule has 1 aliphatic carbocycles. The highest BCUT2D eigenvalue weighted by molar-refractivity contribution is 7.12. The van der Waals surface area contributed by atoms with Crippen LogP contribution in [0.4, 0.5) is 0 Å². The quantitative estimate of drug-likeness (QED) is 0.862. The molecule has 1 saturated heterocycles. The van der Waals surface area contributed by atoms with Crippen molar-refractivity contribution in [3.8, 4) is 0 Å². The summed E-state index contributed by atoms with van der Waals surface area (Å²) in [6.07, 6.45) is 2.34. The second-order valence-electron chi connectivity index (χ2n) is 5.85. The summed E-state index contributed by atoms with van der Waals surface area (Å²) in [6, 6.07) is 3.80. The number of rotatable bonds is 4. The molecule has 0 aromatic carbocycles. The van der Waals surface area contributed by atoms with E-state index >= 15 is 0 Å². The Kier molecular flexibility index (Phi) is 3.67. The van der Waals surface area contributed by atoms with Gasteiger partial charge in [-0.25, -0.2) is 0 Å². The minimum atomic E-state index is 0.142. The summed E-state index contributed by atoms with van der Waals surface area (Å²) in [5, 5.41) is 10.2. The predicted octanol–water partition coefficient (Wildman–Crippen LogP) is 1.97. The number of carbonyl (C=O) groups excluding carboxylic acids is 1. The van der Waals surface area contributed by atoms with Gasteiger partial charge in [0.25, 0.3) is 5.91 Å². The van der Waals surface area contributed by atoms with Crippen LogP contribution in [0.2, 0.25) is 0 Å². The third kappa shape index (κ3) is 2.91. The Hall–Kier alpha value is -1.73. The van der Waals surface area contributed by atoms with Crippen LogP contribution in [0.5, 0.6) is 0 Å². The molecule has 1 saturated carbocycles. The largest absolute Gasteiger partial charge is 0.424 e. The van der Waals surface area contributed by atoms with Gasteiger partial charge in [0.2, 0.25) is 11.8 Å². The first-order chi connectivity index (χ1) is 10.8. The van der Waals surface area contributed by atoms with Crippen molar-refractivity contribution in [2.75, 3.05) is 26.2 Å². The third-order valence-electron chi connectivity index (χ3n) is 4.16. The zero-order chi connectivity index (χ0) is 14.9. The van der Waals surface area contributed by atoms with Crippen LogP contribution in [0.3, 0.4) is 0 Å². The van der Waals surface area contributed by atoms with Crippen LogP contribution in [-0.2, 0) is 6.54 Å². The first-order valence-electron chi connectivity index (χ1n) is 7.67. The van der Waals surface area contributed by atoms with E-state index in [1.807, 2.05) is 22.4 Å². The van der Waals surface area contributed by atoms with E-state index in [2.05, 4.69) is 15.1 Å². The van der Waals surface area contributed by atoms with E-state index in [0.29, 0.717) is 18.4 Å². The number of amides is 1. The fourth-order valence-corrected chi connectivity index (χ4v) is 3.37.